The number of amides is 2. The molecule has 0 radical (unpaired) electrons. The quantitative estimate of drug-likeness (QED) is 0.780. The van der Waals surface area contributed by atoms with Crippen molar-refractivity contribution in [2.75, 3.05) is 13.1 Å². The van der Waals surface area contributed by atoms with Crippen molar-refractivity contribution in [3.05, 3.63) is 0 Å². The predicted molar refractivity (Wildman–Crippen MR) is 71.5 cm³/mol. The Balaban J connectivity index is 1.80. The molecule has 4 heteroatoms. The van der Waals surface area contributed by atoms with Gasteiger partial charge in [-0.05, 0) is 45.4 Å². The van der Waals surface area contributed by atoms with Crippen LogP contribution in [0.2, 0.25) is 0 Å². The monoisotopic (exact) mass is 254 g/mol. The van der Waals surface area contributed by atoms with Crippen LogP contribution in [0.15, 0.2) is 0 Å². The Morgan fingerprint density at radius 2 is 1.61 bits per heavy atom. The third kappa shape index (κ3) is 3.61. The molecule has 2 aliphatic rings. The summed E-state index contributed by atoms with van der Waals surface area (Å²) in [6, 6.07) is 0.471. The lowest BCUT2D eigenvalue weighted by molar-refractivity contribution is -0.0548. The molecule has 1 heterocycles. The number of urea groups is 1. The summed E-state index contributed by atoms with van der Waals surface area (Å²) in [6.07, 6.45) is 5.02. The molecule has 2 fully saturated rings. The fraction of sp³-hybridized carbons (Fsp3) is 0.929. The van der Waals surface area contributed by atoms with E-state index in [-0.39, 0.29) is 18.2 Å². The molecule has 104 valence electrons. The van der Waals surface area contributed by atoms with Gasteiger partial charge in [0, 0.05) is 19.1 Å². The minimum atomic E-state index is 0.0940. The number of ether oxygens (including phenoxy) is 1. The second kappa shape index (κ2) is 5.91. The van der Waals surface area contributed by atoms with Crippen LogP contribution in [0.1, 0.15) is 46.5 Å². The van der Waals surface area contributed by atoms with E-state index in [0.717, 1.165) is 18.8 Å². The summed E-state index contributed by atoms with van der Waals surface area (Å²) in [5.74, 6) is 0.821. The van der Waals surface area contributed by atoms with Crippen molar-refractivity contribution in [1.29, 1.82) is 0 Å². The van der Waals surface area contributed by atoms with Crippen LogP contribution in [-0.4, -0.2) is 42.3 Å². The van der Waals surface area contributed by atoms with E-state index in [1.54, 1.807) is 0 Å². The first-order valence-corrected chi connectivity index (χ1v) is 7.25. The standard InChI is InChI=1S/C14H26N2O2/c1-10-4-6-13(7-5-10)15-14(17)16-8-11(2)18-12(3)9-16/h10-13H,4-9H2,1-3H3,(H,15,17). The van der Waals surface area contributed by atoms with Crippen molar-refractivity contribution in [2.45, 2.75) is 64.7 Å². The maximum absolute atomic E-state index is 12.2. The lowest BCUT2D eigenvalue weighted by Crippen LogP contribution is -2.53. The fourth-order valence-corrected chi connectivity index (χ4v) is 3.01. The zero-order valence-corrected chi connectivity index (χ0v) is 11.8. The van der Waals surface area contributed by atoms with Gasteiger partial charge in [-0.15, -0.1) is 0 Å². The summed E-state index contributed by atoms with van der Waals surface area (Å²) in [4.78, 5) is 14.1. The van der Waals surface area contributed by atoms with Crippen molar-refractivity contribution in [2.24, 2.45) is 5.92 Å². The SMILES string of the molecule is CC1CCC(NC(=O)N2CC(C)OC(C)C2)CC1. The highest BCUT2D eigenvalue weighted by molar-refractivity contribution is 5.74. The highest BCUT2D eigenvalue weighted by Crippen LogP contribution is 2.23. The Hall–Kier alpha value is -0.770. The topological polar surface area (TPSA) is 41.6 Å². The van der Waals surface area contributed by atoms with Crippen molar-refractivity contribution < 1.29 is 9.53 Å². The van der Waals surface area contributed by atoms with E-state index in [4.69, 9.17) is 4.74 Å². The Labute approximate surface area is 110 Å². The van der Waals surface area contributed by atoms with Crippen LogP contribution in [0.5, 0.6) is 0 Å². The summed E-state index contributed by atoms with van der Waals surface area (Å²) in [5, 5.41) is 3.18. The first-order chi connectivity index (χ1) is 8.54. The van der Waals surface area contributed by atoms with Gasteiger partial charge in [0.05, 0.1) is 12.2 Å². The Morgan fingerprint density at radius 3 is 2.17 bits per heavy atom. The summed E-state index contributed by atoms with van der Waals surface area (Å²) in [7, 11) is 0. The third-order valence-corrected chi connectivity index (χ3v) is 4.05. The largest absolute Gasteiger partial charge is 0.372 e. The molecule has 2 rings (SSSR count). The van der Waals surface area contributed by atoms with Crippen LogP contribution in [0.4, 0.5) is 4.79 Å². The zero-order chi connectivity index (χ0) is 13.1. The average Bonchev–Trinajstić information content (AvgIpc) is 2.31. The van der Waals surface area contributed by atoms with Gasteiger partial charge in [0.15, 0.2) is 0 Å². The normalized spacial score (nSPS) is 37.4. The van der Waals surface area contributed by atoms with Crippen LogP contribution in [0.3, 0.4) is 0 Å². The maximum Gasteiger partial charge on any atom is 0.317 e. The summed E-state index contributed by atoms with van der Waals surface area (Å²) in [5.41, 5.74) is 0. The number of hydrogen-bond acceptors (Lipinski definition) is 2. The van der Waals surface area contributed by atoms with Crippen LogP contribution in [0, 0.1) is 5.92 Å². The van der Waals surface area contributed by atoms with Crippen LogP contribution >= 0.6 is 0 Å². The summed E-state index contributed by atoms with van der Waals surface area (Å²) < 4.78 is 5.65. The van der Waals surface area contributed by atoms with Crippen LogP contribution in [-0.2, 0) is 4.74 Å². The van der Waals surface area contributed by atoms with Gasteiger partial charge in [-0.2, -0.15) is 0 Å². The lowest BCUT2D eigenvalue weighted by atomic mass is 9.87. The summed E-state index contributed by atoms with van der Waals surface area (Å²) in [6.45, 7) is 7.76. The van der Waals surface area contributed by atoms with Gasteiger partial charge < -0.3 is 15.0 Å². The van der Waals surface area contributed by atoms with E-state index in [1.165, 1.54) is 12.8 Å². The minimum absolute atomic E-state index is 0.0940. The van der Waals surface area contributed by atoms with Gasteiger partial charge >= 0.3 is 6.03 Å². The first-order valence-electron chi connectivity index (χ1n) is 7.25. The van der Waals surface area contributed by atoms with Gasteiger partial charge in [-0.3, -0.25) is 0 Å². The second-order valence-electron chi connectivity index (χ2n) is 6.07. The summed E-state index contributed by atoms with van der Waals surface area (Å²) >= 11 is 0. The smallest absolute Gasteiger partial charge is 0.317 e. The van der Waals surface area contributed by atoms with E-state index in [9.17, 15) is 4.79 Å². The molecule has 0 spiro atoms. The fourth-order valence-electron chi connectivity index (χ4n) is 3.01. The van der Waals surface area contributed by atoms with Crippen molar-refractivity contribution in [3.63, 3.8) is 0 Å². The number of hydrogen-bond donors (Lipinski definition) is 1. The van der Waals surface area contributed by atoms with E-state index >= 15 is 0 Å². The predicted octanol–water partition coefficient (Wildman–Crippen LogP) is 2.38. The van der Waals surface area contributed by atoms with E-state index in [0.29, 0.717) is 19.1 Å². The molecule has 0 aromatic heterocycles. The molecular formula is C14H26N2O2. The zero-order valence-electron chi connectivity index (χ0n) is 11.8. The minimum Gasteiger partial charge on any atom is -0.372 e. The Kier molecular flexibility index (Phi) is 4.49. The number of morpholine rings is 1. The molecule has 0 aromatic carbocycles. The highest BCUT2D eigenvalue weighted by atomic mass is 16.5. The van der Waals surface area contributed by atoms with Crippen LogP contribution in [0.25, 0.3) is 0 Å². The molecule has 1 saturated heterocycles. The first kappa shape index (κ1) is 13.7. The second-order valence-corrected chi connectivity index (χ2v) is 6.07. The van der Waals surface area contributed by atoms with Crippen molar-refractivity contribution in [1.82, 2.24) is 10.2 Å². The van der Waals surface area contributed by atoms with Crippen LogP contribution < -0.4 is 5.32 Å². The molecule has 2 unspecified atom stereocenters. The average molecular weight is 254 g/mol. The maximum atomic E-state index is 12.2. The molecular weight excluding hydrogens is 228 g/mol. The van der Waals surface area contributed by atoms with Gasteiger partial charge in [0.25, 0.3) is 0 Å². The highest BCUT2D eigenvalue weighted by Gasteiger charge is 2.28. The number of nitrogens with zero attached hydrogens (tertiary/aromatic N) is 1. The van der Waals surface area contributed by atoms with Gasteiger partial charge in [0.1, 0.15) is 0 Å². The van der Waals surface area contributed by atoms with Crippen molar-refractivity contribution >= 4 is 6.03 Å². The van der Waals surface area contributed by atoms with Crippen molar-refractivity contribution in [3.8, 4) is 0 Å². The molecule has 0 aromatic rings. The number of carbonyl (C=O) groups is 1. The number of rotatable bonds is 1. The molecule has 1 saturated carbocycles. The molecule has 1 aliphatic heterocycles. The van der Waals surface area contributed by atoms with E-state index in [2.05, 4.69) is 12.2 Å². The Bertz CT molecular complexity index is 278. The molecule has 2 atom stereocenters. The molecule has 4 nitrogen and oxygen atoms in total. The lowest BCUT2D eigenvalue weighted by Gasteiger charge is -2.37. The molecule has 1 aliphatic carbocycles. The number of carbonyl (C=O) groups excluding carboxylic acids is 1. The molecule has 1 N–H and O–H groups in total. The molecule has 0 bridgehead atoms. The molecule has 2 amide bonds. The van der Waals surface area contributed by atoms with Gasteiger partial charge in [-0.25, -0.2) is 4.79 Å². The van der Waals surface area contributed by atoms with Gasteiger partial charge in [0.2, 0.25) is 0 Å². The Morgan fingerprint density at radius 1 is 1.06 bits per heavy atom. The van der Waals surface area contributed by atoms with E-state index in [1.807, 2.05) is 18.7 Å². The van der Waals surface area contributed by atoms with E-state index < -0.39 is 0 Å². The third-order valence-electron chi connectivity index (χ3n) is 4.05. The number of nitrogens with one attached hydrogen (secondary N) is 1. The van der Waals surface area contributed by atoms with Gasteiger partial charge in [-0.1, -0.05) is 6.92 Å². The molecule has 18 heavy (non-hydrogen) atoms.